The van der Waals surface area contributed by atoms with Crippen LogP contribution in [0.15, 0.2) is 48.5 Å². The van der Waals surface area contributed by atoms with Gasteiger partial charge in [-0.1, -0.05) is 24.3 Å². The van der Waals surface area contributed by atoms with Crippen LogP contribution in [0.4, 0.5) is 0 Å². The quantitative estimate of drug-likeness (QED) is 0.303. The second-order valence-electron chi connectivity index (χ2n) is 6.83. The Labute approximate surface area is 180 Å². The maximum absolute atomic E-state index is 5.79. The smallest absolute Gasteiger partial charge is 0.156 e. The summed E-state index contributed by atoms with van der Waals surface area (Å²) in [5.41, 5.74) is 2.27. The van der Waals surface area contributed by atoms with Crippen LogP contribution < -0.4 is 9.47 Å². The molecule has 0 radical (unpaired) electrons. The van der Waals surface area contributed by atoms with Crippen LogP contribution in [0.25, 0.3) is 11.1 Å². The van der Waals surface area contributed by atoms with Crippen LogP contribution >= 0.6 is 0 Å². The minimum absolute atomic E-state index is 0.171. The minimum Gasteiger partial charge on any atom is -0.494 e. The van der Waals surface area contributed by atoms with E-state index in [0.717, 1.165) is 48.3 Å². The molecule has 0 saturated carbocycles. The van der Waals surface area contributed by atoms with Gasteiger partial charge in [-0.3, -0.25) is 0 Å². The van der Waals surface area contributed by atoms with Gasteiger partial charge in [-0.25, -0.2) is 0 Å². The maximum atomic E-state index is 5.79. The SMILES string of the molecule is COC(CCCOc1ccc(-c2ccc(OCCCC(OC)OC)cc2)cc1)OC. The molecular formula is C24H34O6. The molecule has 0 fully saturated rings. The third kappa shape index (κ3) is 8.32. The van der Waals surface area contributed by atoms with Crippen LogP contribution in [-0.4, -0.2) is 54.2 Å². The van der Waals surface area contributed by atoms with E-state index in [-0.39, 0.29) is 12.6 Å². The predicted molar refractivity (Wildman–Crippen MR) is 117 cm³/mol. The summed E-state index contributed by atoms with van der Waals surface area (Å²) in [6.45, 7) is 1.26. The molecule has 0 heterocycles. The predicted octanol–water partition coefficient (Wildman–Crippen LogP) is 4.91. The molecule has 0 spiro atoms. The lowest BCUT2D eigenvalue weighted by Crippen LogP contribution is -2.14. The first-order valence-corrected chi connectivity index (χ1v) is 10.3. The average Bonchev–Trinajstić information content (AvgIpc) is 2.80. The highest BCUT2D eigenvalue weighted by atomic mass is 16.7. The Hall–Kier alpha value is -2.12. The van der Waals surface area contributed by atoms with Crippen molar-refractivity contribution in [2.24, 2.45) is 0 Å². The monoisotopic (exact) mass is 418 g/mol. The van der Waals surface area contributed by atoms with Gasteiger partial charge in [-0.2, -0.15) is 0 Å². The van der Waals surface area contributed by atoms with Gasteiger partial charge in [0.1, 0.15) is 11.5 Å². The molecule has 0 amide bonds. The Balaban J connectivity index is 1.75. The summed E-state index contributed by atoms with van der Waals surface area (Å²) in [4.78, 5) is 0. The number of methoxy groups -OCH3 is 4. The first-order valence-electron chi connectivity index (χ1n) is 10.3. The van der Waals surface area contributed by atoms with Gasteiger partial charge in [-0.05, 0) is 48.2 Å². The van der Waals surface area contributed by atoms with E-state index in [4.69, 9.17) is 28.4 Å². The van der Waals surface area contributed by atoms with E-state index >= 15 is 0 Å². The highest BCUT2D eigenvalue weighted by molar-refractivity contribution is 5.64. The molecule has 30 heavy (non-hydrogen) atoms. The van der Waals surface area contributed by atoms with Crippen molar-refractivity contribution >= 4 is 0 Å². The van der Waals surface area contributed by atoms with Crippen LogP contribution in [0.1, 0.15) is 25.7 Å². The molecule has 0 aliphatic heterocycles. The van der Waals surface area contributed by atoms with E-state index in [2.05, 4.69) is 24.3 Å². The van der Waals surface area contributed by atoms with Gasteiger partial charge in [0.25, 0.3) is 0 Å². The molecule has 6 nitrogen and oxygen atoms in total. The molecule has 0 aromatic heterocycles. The van der Waals surface area contributed by atoms with E-state index in [1.165, 1.54) is 0 Å². The van der Waals surface area contributed by atoms with E-state index in [0.29, 0.717) is 13.2 Å². The molecule has 6 heteroatoms. The first kappa shape index (κ1) is 24.2. The van der Waals surface area contributed by atoms with Gasteiger partial charge in [0.15, 0.2) is 12.6 Å². The van der Waals surface area contributed by atoms with Crippen LogP contribution in [0, 0.1) is 0 Å². The molecule has 0 aliphatic carbocycles. The lowest BCUT2D eigenvalue weighted by molar-refractivity contribution is -0.108. The zero-order valence-electron chi connectivity index (χ0n) is 18.5. The third-order valence-corrected chi connectivity index (χ3v) is 4.80. The van der Waals surface area contributed by atoms with E-state index in [1.807, 2.05) is 24.3 Å². The van der Waals surface area contributed by atoms with Crippen molar-refractivity contribution in [2.75, 3.05) is 41.7 Å². The molecule has 2 aromatic carbocycles. The Kier molecular flexibility index (Phi) is 11.3. The average molecular weight is 419 g/mol. The summed E-state index contributed by atoms with van der Waals surface area (Å²) in [6.07, 6.45) is 3.00. The van der Waals surface area contributed by atoms with Crippen molar-refractivity contribution in [3.8, 4) is 22.6 Å². The highest BCUT2D eigenvalue weighted by Gasteiger charge is 2.06. The normalized spacial score (nSPS) is 11.3. The minimum atomic E-state index is -0.171. The summed E-state index contributed by atoms with van der Waals surface area (Å²) >= 11 is 0. The van der Waals surface area contributed by atoms with Crippen LogP contribution in [0.3, 0.4) is 0 Å². The molecule has 0 aliphatic rings. The van der Waals surface area contributed by atoms with Crippen LogP contribution in [-0.2, 0) is 18.9 Å². The van der Waals surface area contributed by atoms with Crippen molar-refractivity contribution in [3.05, 3.63) is 48.5 Å². The van der Waals surface area contributed by atoms with Gasteiger partial charge < -0.3 is 28.4 Å². The Morgan fingerprint density at radius 1 is 0.533 bits per heavy atom. The fourth-order valence-corrected chi connectivity index (χ4v) is 3.03. The lowest BCUT2D eigenvalue weighted by atomic mass is 10.1. The first-order chi connectivity index (χ1) is 14.7. The van der Waals surface area contributed by atoms with Crippen molar-refractivity contribution in [2.45, 2.75) is 38.3 Å². The number of hydrogen-bond donors (Lipinski definition) is 0. The van der Waals surface area contributed by atoms with Gasteiger partial charge in [0, 0.05) is 41.3 Å². The number of rotatable bonds is 15. The van der Waals surface area contributed by atoms with Gasteiger partial charge >= 0.3 is 0 Å². The molecular weight excluding hydrogens is 384 g/mol. The van der Waals surface area contributed by atoms with E-state index in [1.54, 1.807) is 28.4 Å². The van der Waals surface area contributed by atoms with Gasteiger partial charge in [-0.15, -0.1) is 0 Å². The summed E-state index contributed by atoms with van der Waals surface area (Å²) in [5, 5.41) is 0. The topological polar surface area (TPSA) is 55.4 Å². The second kappa shape index (κ2) is 14.0. The number of hydrogen-bond acceptors (Lipinski definition) is 6. The molecule has 0 bridgehead atoms. The molecule has 0 saturated heterocycles. The summed E-state index contributed by atoms with van der Waals surface area (Å²) in [6, 6.07) is 16.2. The zero-order valence-corrected chi connectivity index (χ0v) is 18.5. The van der Waals surface area contributed by atoms with Crippen molar-refractivity contribution < 1.29 is 28.4 Å². The molecule has 0 atom stereocenters. The van der Waals surface area contributed by atoms with Crippen molar-refractivity contribution in [3.63, 3.8) is 0 Å². The second-order valence-corrected chi connectivity index (χ2v) is 6.83. The number of ether oxygens (including phenoxy) is 6. The van der Waals surface area contributed by atoms with E-state index in [9.17, 15) is 0 Å². The molecule has 2 rings (SSSR count). The van der Waals surface area contributed by atoms with Crippen LogP contribution in [0.2, 0.25) is 0 Å². The summed E-state index contributed by atoms with van der Waals surface area (Å²) in [5.74, 6) is 1.71. The lowest BCUT2D eigenvalue weighted by Gasteiger charge is -2.13. The summed E-state index contributed by atoms with van der Waals surface area (Å²) < 4.78 is 32.3. The van der Waals surface area contributed by atoms with Gasteiger partial charge in [0.2, 0.25) is 0 Å². The third-order valence-electron chi connectivity index (χ3n) is 4.80. The maximum Gasteiger partial charge on any atom is 0.156 e. The standard InChI is InChI=1S/C24H34O6/c1-25-23(26-2)7-5-17-29-21-13-9-19(10-14-21)20-11-15-22(16-12-20)30-18-6-8-24(27-3)28-4/h9-16,23-24H,5-8,17-18H2,1-4H3. The van der Waals surface area contributed by atoms with Crippen LogP contribution in [0.5, 0.6) is 11.5 Å². The molecule has 0 unspecified atom stereocenters. The van der Waals surface area contributed by atoms with Crippen molar-refractivity contribution in [1.82, 2.24) is 0 Å². The Morgan fingerprint density at radius 3 is 1.17 bits per heavy atom. The Bertz CT molecular complexity index is 616. The van der Waals surface area contributed by atoms with Gasteiger partial charge in [0.05, 0.1) is 13.2 Å². The number of benzene rings is 2. The summed E-state index contributed by atoms with van der Waals surface area (Å²) in [7, 11) is 6.58. The molecule has 2 aromatic rings. The zero-order chi connectivity index (χ0) is 21.6. The van der Waals surface area contributed by atoms with E-state index < -0.39 is 0 Å². The van der Waals surface area contributed by atoms with Crippen molar-refractivity contribution in [1.29, 1.82) is 0 Å². The highest BCUT2D eigenvalue weighted by Crippen LogP contribution is 2.25. The fraction of sp³-hybridized carbons (Fsp3) is 0.500. The largest absolute Gasteiger partial charge is 0.494 e. The fourth-order valence-electron chi connectivity index (χ4n) is 3.03. The Morgan fingerprint density at radius 2 is 0.867 bits per heavy atom. The molecule has 166 valence electrons. The molecule has 0 N–H and O–H groups in total.